The van der Waals surface area contributed by atoms with Gasteiger partial charge in [0.2, 0.25) is 0 Å². The normalized spacial score (nSPS) is 39.2. The van der Waals surface area contributed by atoms with Crippen LogP contribution in [-0.4, -0.2) is 5.67 Å². The van der Waals surface area contributed by atoms with Gasteiger partial charge in [-0.2, -0.15) is 0 Å². The van der Waals surface area contributed by atoms with Crippen molar-refractivity contribution in [2.45, 2.75) is 96.1 Å². The minimum atomic E-state index is -1.43. The van der Waals surface area contributed by atoms with E-state index < -0.39 is 11.5 Å². The Bertz CT molecular complexity index is 464. The first-order valence-electron chi connectivity index (χ1n) is 10.8. The monoisotopic (exact) mass is 350 g/mol. The highest BCUT2D eigenvalue weighted by molar-refractivity contribution is 5.24. The topological polar surface area (TPSA) is 0 Å². The maximum atomic E-state index is 15.1. The van der Waals surface area contributed by atoms with Gasteiger partial charge in [-0.25, -0.2) is 8.78 Å². The van der Waals surface area contributed by atoms with Gasteiger partial charge in [-0.1, -0.05) is 51.5 Å². The summed E-state index contributed by atoms with van der Waals surface area (Å²) in [6.07, 6.45) is 20.0. The summed E-state index contributed by atoms with van der Waals surface area (Å²) >= 11 is 0. The maximum Gasteiger partial charge on any atom is 0.138 e. The number of hydrogen-bond donors (Lipinski definition) is 0. The van der Waals surface area contributed by atoms with E-state index >= 15 is 4.39 Å². The van der Waals surface area contributed by atoms with E-state index in [1.165, 1.54) is 63.5 Å². The van der Waals surface area contributed by atoms with Crippen LogP contribution in [0.25, 0.3) is 0 Å². The summed E-state index contributed by atoms with van der Waals surface area (Å²) in [5.74, 6) is 2.26. The van der Waals surface area contributed by atoms with Crippen molar-refractivity contribution < 1.29 is 8.78 Å². The van der Waals surface area contributed by atoms with Crippen LogP contribution in [0.1, 0.15) is 90.4 Å². The predicted octanol–water partition coefficient (Wildman–Crippen LogP) is 7.70. The molecule has 3 rings (SSSR count). The molecule has 0 aromatic carbocycles. The van der Waals surface area contributed by atoms with Crippen molar-refractivity contribution in [2.24, 2.45) is 23.7 Å². The van der Waals surface area contributed by atoms with Gasteiger partial charge in [-0.3, -0.25) is 0 Å². The number of allylic oxidation sites excluding steroid dienone is 4. The smallest absolute Gasteiger partial charge is 0.138 e. The molecule has 2 heteroatoms. The van der Waals surface area contributed by atoms with Gasteiger partial charge in [0.1, 0.15) is 11.5 Å². The van der Waals surface area contributed by atoms with Crippen molar-refractivity contribution in [3.63, 3.8) is 0 Å². The van der Waals surface area contributed by atoms with Crippen molar-refractivity contribution in [3.05, 3.63) is 24.1 Å². The third-order valence-corrected chi connectivity index (χ3v) is 7.31. The van der Waals surface area contributed by atoms with Crippen LogP contribution in [0, 0.1) is 23.7 Å². The maximum absolute atomic E-state index is 15.1. The molecule has 0 saturated heterocycles. The summed E-state index contributed by atoms with van der Waals surface area (Å²) in [5, 5.41) is 0. The standard InChI is InChI=1S/C23H36F2/c1-2-3-4-6-18-8-10-19(11-9-18)20-12-14-21(15-13-20)23(25)16-5-7-22(24)17-23/h5,7,17-21H,2-4,6,8-16H2,1H3. The average molecular weight is 351 g/mol. The molecule has 0 spiro atoms. The van der Waals surface area contributed by atoms with Crippen LogP contribution < -0.4 is 0 Å². The average Bonchev–Trinajstić information content (AvgIpc) is 2.62. The van der Waals surface area contributed by atoms with Crippen LogP contribution in [-0.2, 0) is 0 Å². The number of halogens is 2. The second kappa shape index (κ2) is 8.82. The van der Waals surface area contributed by atoms with Gasteiger partial charge >= 0.3 is 0 Å². The molecule has 0 N–H and O–H groups in total. The summed E-state index contributed by atoms with van der Waals surface area (Å²) in [5.41, 5.74) is -1.43. The first kappa shape index (κ1) is 19.1. The third kappa shape index (κ3) is 4.95. The van der Waals surface area contributed by atoms with E-state index in [4.69, 9.17) is 0 Å². The van der Waals surface area contributed by atoms with Crippen molar-refractivity contribution >= 4 is 0 Å². The molecule has 1 atom stereocenters. The zero-order valence-corrected chi connectivity index (χ0v) is 16.0. The SMILES string of the molecule is CCCCCC1CCC(C2CCC(C3(F)C=C(F)C=CC3)CC2)CC1. The molecule has 0 bridgehead atoms. The van der Waals surface area contributed by atoms with E-state index in [0.29, 0.717) is 6.42 Å². The van der Waals surface area contributed by atoms with E-state index in [-0.39, 0.29) is 5.92 Å². The summed E-state index contributed by atoms with van der Waals surface area (Å²) in [7, 11) is 0. The zero-order chi connectivity index (χ0) is 17.7. The Morgan fingerprint density at radius 1 is 0.960 bits per heavy atom. The fourth-order valence-electron chi connectivity index (χ4n) is 5.67. The largest absolute Gasteiger partial charge is 0.239 e. The first-order valence-corrected chi connectivity index (χ1v) is 10.8. The molecule has 2 saturated carbocycles. The van der Waals surface area contributed by atoms with Crippen LogP contribution in [0.15, 0.2) is 24.1 Å². The molecule has 1 unspecified atom stereocenters. The van der Waals surface area contributed by atoms with Gasteiger partial charge in [0.05, 0.1) is 0 Å². The van der Waals surface area contributed by atoms with Gasteiger partial charge in [0.15, 0.2) is 0 Å². The summed E-state index contributed by atoms with van der Waals surface area (Å²) in [6.45, 7) is 2.28. The molecule has 0 heterocycles. The highest BCUT2D eigenvalue weighted by atomic mass is 19.1. The molecule has 3 aliphatic rings. The Morgan fingerprint density at radius 3 is 2.20 bits per heavy atom. The lowest BCUT2D eigenvalue weighted by atomic mass is 9.66. The molecule has 0 aromatic rings. The Balaban J connectivity index is 1.42. The van der Waals surface area contributed by atoms with Crippen LogP contribution in [0.2, 0.25) is 0 Å². The molecule has 142 valence electrons. The van der Waals surface area contributed by atoms with E-state index in [9.17, 15) is 4.39 Å². The minimum Gasteiger partial charge on any atom is -0.239 e. The Labute approximate surface area is 153 Å². The molecule has 0 amide bonds. The molecular weight excluding hydrogens is 314 g/mol. The lowest BCUT2D eigenvalue weighted by Crippen LogP contribution is -2.36. The molecule has 25 heavy (non-hydrogen) atoms. The Hall–Kier alpha value is -0.660. The fraction of sp³-hybridized carbons (Fsp3) is 0.826. The first-order chi connectivity index (χ1) is 12.1. The number of rotatable bonds is 6. The number of unbranched alkanes of at least 4 members (excludes halogenated alkanes) is 2. The second-order valence-corrected chi connectivity index (χ2v) is 8.95. The highest BCUT2D eigenvalue weighted by Gasteiger charge is 2.41. The van der Waals surface area contributed by atoms with Crippen LogP contribution in [0.3, 0.4) is 0 Å². The van der Waals surface area contributed by atoms with E-state index in [1.807, 2.05) is 0 Å². The van der Waals surface area contributed by atoms with E-state index in [2.05, 4.69) is 6.92 Å². The van der Waals surface area contributed by atoms with Crippen molar-refractivity contribution in [3.8, 4) is 0 Å². The van der Waals surface area contributed by atoms with E-state index in [1.54, 1.807) is 6.08 Å². The van der Waals surface area contributed by atoms with Gasteiger partial charge < -0.3 is 0 Å². The molecule has 0 nitrogen and oxygen atoms in total. The Kier molecular flexibility index (Phi) is 6.74. The molecule has 3 aliphatic carbocycles. The van der Waals surface area contributed by atoms with Crippen LogP contribution >= 0.6 is 0 Å². The molecule has 0 aliphatic heterocycles. The second-order valence-electron chi connectivity index (χ2n) is 8.95. The number of alkyl halides is 1. The molecule has 0 aromatic heterocycles. The fourth-order valence-corrected chi connectivity index (χ4v) is 5.67. The van der Waals surface area contributed by atoms with Gasteiger partial charge in [-0.05, 0) is 74.3 Å². The highest BCUT2D eigenvalue weighted by Crippen LogP contribution is 2.47. The van der Waals surface area contributed by atoms with Crippen LogP contribution in [0.4, 0.5) is 8.78 Å². The molecular formula is C23H36F2. The van der Waals surface area contributed by atoms with E-state index in [0.717, 1.165) is 43.4 Å². The number of hydrogen-bond acceptors (Lipinski definition) is 0. The Morgan fingerprint density at radius 2 is 1.60 bits per heavy atom. The van der Waals surface area contributed by atoms with Crippen molar-refractivity contribution in [2.75, 3.05) is 0 Å². The van der Waals surface area contributed by atoms with Gasteiger partial charge in [0, 0.05) is 6.42 Å². The summed E-state index contributed by atoms with van der Waals surface area (Å²) < 4.78 is 28.6. The summed E-state index contributed by atoms with van der Waals surface area (Å²) in [6, 6.07) is 0. The minimum absolute atomic E-state index is 0.0184. The zero-order valence-electron chi connectivity index (χ0n) is 16.0. The molecule has 2 fully saturated rings. The van der Waals surface area contributed by atoms with Crippen molar-refractivity contribution in [1.29, 1.82) is 0 Å². The lowest BCUT2D eigenvalue weighted by Gasteiger charge is -2.41. The van der Waals surface area contributed by atoms with Crippen molar-refractivity contribution in [1.82, 2.24) is 0 Å². The van der Waals surface area contributed by atoms with Gasteiger partial charge in [0.25, 0.3) is 0 Å². The van der Waals surface area contributed by atoms with Gasteiger partial charge in [-0.15, -0.1) is 0 Å². The quantitative estimate of drug-likeness (QED) is 0.430. The van der Waals surface area contributed by atoms with Crippen LogP contribution in [0.5, 0.6) is 0 Å². The molecule has 0 radical (unpaired) electrons. The summed E-state index contributed by atoms with van der Waals surface area (Å²) in [4.78, 5) is 0. The third-order valence-electron chi connectivity index (χ3n) is 7.31. The lowest BCUT2D eigenvalue weighted by molar-refractivity contribution is 0.0657. The predicted molar refractivity (Wildman–Crippen MR) is 102 cm³/mol.